The molecule has 3 rings (SSSR count). The van der Waals surface area contributed by atoms with Gasteiger partial charge in [0, 0.05) is 12.2 Å². The quantitative estimate of drug-likeness (QED) is 0.593. The first-order valence-electron chi connectivity index (χ1n) is 9.13. The standard InChI is InChI=1S/C23H24N2O3/c1-27-21-11-7-18(8-12-21)15-24-16-23(26)25-20-9-13-22(14-10-20)28-17-19-5-3-2-4-6-19/h2-14,24H,15-17H2,1H3,(H,25,26). The zero-order valence-electron chi connectivity index (χ0n) is 15.9. The molecule has 0 aliphatic carbocycles. The molecule has 0 saturated heterocycles. The summed E-state index contributed by atoms with van der Waals surface area (Å²) in [7, 11) is 1.64. The molecule has 0 fully saturated rings. The zero-order chi connectivity index (χ0) is 19.6. The molecule has 0 unspecified atom stereocenters. The van der Waals surface area contributed by atoms with Crippen LogP contribution in [0.15, 0.2) is 78.9 Å². The van der Waals surface area contributed by atoms with Crippen molar-refractivity contribution in [2.45, 2.75) is 13.2 Å². The van der Waals surface area contributed by atoms with Crippen LogP contribution in [0.1, 0.15) is 11.1 Å². The van der Waals surface area contributed by atoms with Crippen molar-refractivity contribution in [3.8, 4) is 11.5 Å². The molecule has 0 aliphatic rings. The third kappa shape index (κ3) is 6.14. The zero-order valence-corrected chi connectivity index (χ0v) is 15.9. The molecule has 0 spiro atoms. The number of nitrogens with one attached hydrogen (secondary N) is 2. The summed E-state index contributed by atoms with van der Waals surface area (Å²) in [5.41, 5.74) is 2.94. The fourth-order valence-electron chi connectivity index (χ4n) is 2.64. The number of hydrogen-bond donors (Lipinski definition) is 2. The van der Waals surface area contributed by atoms with Crippen molar-refractivity contribution in [3.63, 3.8) is 0 Å². The topological polar surface area (TPSA) is 59.6 Å². The number of anilines is 1. The van der Waals surface area contributed by atoms with Gasteiger partial charge in [-0.25, -0.2) is 0 Å². The summed E-state index contributed by atoms with van der Waals surface area (Å²) in [6.45, 7) is 1.36. The molecule has 144 valence electrons. The van der Waals surface area contributed by atoms with Crippen molar-refractivity contribution in [3.05, 3.63) is 90.0 Å². The van der Waals surface area contributed by atoms with E-state index in [1.165, 1.54) is 0 Å². The lowest BCUT2D eigenvalue weighted by Gasteiger charge is -2.09. The maximum Gasteiger partial charge on any atom is 0.238 e. The highest BCUT2D eigenvalue weighted by Crippen LogP contribution is 2.17. The van der Waals surface area contributed by atoms with Gasteiger partial charge in [0.1, 0.15) is 18.1 Å². The van der Waals surface area contributed by atoms with E-state index in [0.29, 0.717) is 13.2 Å². The molecule has 0 heterocycles. The highest BCUT2D eigenvalue weighted by atomic mass is 16.5. The minimum absolute atomic E-state index is 0.0912. The minimum Gasteiger partial charge on any atom is -0.497 e. The average Bonchev–Trinajstić information content (AvgIpc) is 2.74. The Morgan fingerprint density at radius 3 is 2.18 bits per heavy atom. The summed E-state index contributed by atoms with van der Waals surface area (Å²) in [5, 5.41) is 6.00. The van der Waals surface area contributed by atoms with Gasteiger partial charge in [-0.15, -0.1) is 0 Å². The lowest BCUT2D eigenvalue weighted by Crippen LogP contribution is -2.27. The smallest absolute Gasteiger partial charge is 0.238 e. The van der Waals surface area contributed by atoms with Crippen molar-refractivity contribution in [2.24, 2.45) is 0 Å². The molecule has 1 amide bonds. The second-order valence-electron chi connectivity index (χ2n) is 6.30. The average molecular weight is 376 g/mol. The third-order valence-electron chi connectivity index (χ3n) is 4.16. The first-order valence-corrected chi connectivity index (χ1v) is 9.13. The van der Waals surface area contributed by atoms with E-state index >= 15 is 0 Å². The molecule has 28 heavy (non-hydrogen) atoms. The van der Waals surface area contributed by atoms with Gasteiger partial charge in [0.05, 0.1) is 13.7 Å². The van der Waals surface area contributed by atoms with Crippen LogP contribution in [0.25, 0.3) is 0 Å². The van der Waals surface area contributed by atoms with Crippen molar-refractivity contribution < 1.29 is 14.3 Å². The molecule has 0 aliphatic heterocycles. The molecular weight excluding hydrogens is 352 g/mol. The highest BCUT2D eigenvalue weighted by molar-refractivity contribution is 5.92. The Labute approximate surface area is 165 Å². The van der Waals surface area contributed by atoms with Crippen LogP contribution >= 0.6 is 0 Å². The van der Waals surface area contributed by atoms with Gasteiger partial charge in [-0.2, -0.15) is 0 Å². The number of rotatable bonds is 9. The number of hydrogen-bond acceptors (Lipinski definition) is 4. The summed E-state index contributed by atoms with van der Waals surface area (Å²) in [5.74, 6) is 1.49. The lowest BCUT2D eigenvalue weighted by molar-refractivity contribution is -0.115. The van der Waals surface area contributed by atoms with Gasteiger partial charge in [0.15, 0.2) is 0 Å². The fraction of sp³-hybridized carbons (Fsp3) is 0.174. The Morgan fingerprint density at radius 2 is 1.50 bits per heavy atom. The van der Waals surface area contributed by atoms with Crippen LogP contribution in [-0.2, 0) is 17.9 Å². The van der Waals surface area contributed by atoms with Crippen LogP contribution < -0.4 is 20.1 Å². The van der Waals surface area contributed by atoms with E-state index in [9.17, 15) is 4.79 Å². The van der Waals surface area contributed by atoms with Crippen LogP contribution in [0.4, 0.5) is 5.69 Å². The number of carbonyl (C=O) groups is 1. The van der Waals surface area contributed by atoms with Crippen molar-refractivity contribution >= 4 is 11.6 Å². The number of benzene rings is 3. The summed E-state index contributed by atoms with van der Waals surface area (Å²) in [6.07, 6.45) is 0. The highest BCUT2D eigenvalue weighted by Gasteiger charge is 2.03. The second-order valence-corrected chi connectivity index (χ2v) is 6.30. The maximum absolute atomic E-state index is 12.1. The summed E-state index contributed by atoms with van der Waals surface area (Å²) < 4.78 is 10.9. The number of ether oxygens (including phenoxy) is 2. The second kappa shape index (κ2) is 10.1. The van der Waals surface area contributed by atoms with E-state index in [4.69, 9.17) is 9.47 Å². The Hall–Kier alpha value is -3.31. The molecule has 5 heteroatoms. The van der Waals surface area contributed by atoms with E-state index in [2.05, 4.69) is 10.6 Å². The fourth-order valence-corrected chi connectivity index (χ4v) is 2.64. The first-order chi connectivity index (χ1) is 13.7. The lowest BCUT2D eigenvalue weighted by atomic mass is 10.2. The van der Waals surface area contributed by atoms with Crippen LogP contribution in [0.5, 0.6) is 11.5 Å². The van der Waals surface area contributed by atoms with Gasteiger partial charge in [-0.05, 0) is 47.5 Å². The summed E-state index contributed by atoms with van der Waals surface area (Å²) >= 11 is 0. The van der Waals surface area contributed by atoms with E-state index in [-0.39, 0.29) is 12.5 Å². The van der Waals surface area contributed by atoms with Crippen LogP contribution in [0, 0.1) is 0 Å². The summed E-state index contributed by atoms with van der Waals surface area (Å²) in [6, 6.07) is 25.1. The third-order valence-corrected chi connectivity index (χ3v) is 4.16. The van der Waals surface area contributed by atoms with Crippen LogP contribution in [0.2, 0.25) is 0 Å². The van der Waals surface area contributed by atoms with Gasteiger partial charge >= 0.3 is 0 Å². The predicted octanol–water partition coefficient (Wildman–Crippen LogP) is 4.00. The predicted molar refractivity (Wildman–Crippen MR) is 111 cm³/mol. The van der Waals surface area contributed by atoms with Crippen LogP contribution in [-0.4, -0.2) is 19.6 Å². The minimum atomic E-state index is -0.0912. The normalized spacial score (nSPS) is 10.3. The molecule has 3 aromatic rings. The van der Waals surface area contributed by atoms with Gasteiger partial charge in [-0.1, -0.05) is 42.5 Å². The van der Waals surface area contributed by atoms with E-state index < -0.39 is 0 Å². The largest absolute Gasteiger partial charge is 0.497 e. The molecule has 2 N–H and O–H groups in total. The molecule has 0 atom stereocenters. The number of amides is 1. The Balaban J connectivity index is 1.39. The number of carbonyl (C=O) groups excluding carboxylic acids is 1. The SMILES string of the molecule is COc1ccc(CNCC(=O)Nc2ccc(OCc3ccccc3)cc2)cc1. The van der Waals surface area contributed by atoms with E-state index in [1.54, 1.807) is 7.11 Å². The Morgan fingerprint density at radius 1 is 0.821 bits per heavy atom. The first kappa shape index (κ1) is 19.5. The molecule has 0 bridgehead atoms. The summed E-state index contributed by atoms with van der Waals surface area (Å²) in [4.78, 5) is 12.1. The van der Waals surface area contributed by atoms with Gasteiger partial charge in [-0.3, -0.25) is 4.79 Å². The maximum atomic E-state index is 12.1. The Bertz CT molecular complexity index is 863. The van der Waals surface area contributed by atoms with Gasteiger partial charge < -0.3 is 20.1 Å². The Kier molecular flexibility index (Phi) is 7.04. The molecule has 3 aromatic carbocycles. The molecule has 5 nitrogen and oxygen atoms in total. The van der Waals surface area contributed by atoms with Crippen LogP contribution in [0.3, 0.4) is 0 Å². The van der Waals surface area contributed by atoms with Gasteiger partial charge in [0.2, 0.25) is 5.91 Å². The molecule has 0 saturated carbocycles. The van der Waals surface area contributed by atoms with E-state index in [0.717, 1.165) is 28.3 Å². The molecule has 0 aromatic heterocycles. The van der Waals surface area contributed by atoms with Crippen molar-refractivity contribution in [1.82, 2.24) is 5.32 Å². The van der Waals surface area contributed by atoms with E-state index in [1.807, 2.05) is 78.9 Å². The molecular formula is C23H24N2O3. The van der Waals surface area contributed by atoms with Crippen molar-refractivity contribution in [1.29, 1.82) is 0 Å². The number of methoxy groups -OCH3 is 1. The van der Waals surface area contributed by atoms with Gasteiger partial charge in [0.25, 0.3) is 0 Å². The molecule has 0 radical (unpaired) electrons. The monoisotopic (exact) mass is 376 g/mol. The van der Waals surface area contributed by atoms with Crippen molar-refractivity contribution in [2.75, 3.05) is 19.0 Å².